The largest absolute Gasteiger partial charge is 0.392 e. The lowest BCUT2D eigenvalue weighted by Crippen LogP contribution is -2.29. The van der Waals surface area contributed by atoms with E-state index in [0.29, 0.717) is 11.5 Å². The monoisotopic (exact) mass is 236 g/mol. The molecule has 0 spiro atoms. The second-order valence-corrected chi connectivity index (χ2v) is 5.04. The van der Waals surface area contributed by atoms with Gasteiger partial charge in [-0.05, 0) is 44.5 Å². The first kappa shape index (κ1) is 13.1. The van der Waals surface area contributed by atoms with Gasteiger partial charge in [-0.25, -0.2) is 0 Å². The molecule has 0 radical (unpaired) electrons. The molecule has 0 saturated heterocycles. The zero-order valence-corrected chi connectivity index (χ0v) is 11.3. The Balaban J connectivity index is 2.85. The summed E-state index contributed by atoms with van der Waals surface area (Å²) in [7, 11) is 2.04. The van der Waals surface area contributed by atoms with Crippen molar-refractivity contribution in [3.05, 3.63) is 34.4 Å². The van der Waals surface area contributed by atoms with Crippen LogP contribution in [0.1, 0.15) is 22.3 Å². The summed E-state index contributed by atoms with van der Waals surface area (Å²) in [4.78, 5) is 2.69. The Kier molecular flexibility index (Phi) is 4.44. The fraction of sp³-hybridized carbons (Fsp3) is 0.462. The molecule has 0 aliphatic carbocycles. The van der Waals surface area contributed by atoms with Gasteiger partial charge in [0, 0.05) is 13.1 Å². The third-order valence-corrected chi connectivity index (χ3v) is 2.82. The zero-order chi connectivity index (χ0) is 12.3. The molecule has 3 heteroatoms. The SMILES string of the molecule is Cc1cc(C)c(CN(C)CC(N)=S)c(C)c1. The first-order chi connectivity index (χ1) is 7.40. The van der Waals surface area contributed by atoms with Gasteiger partial charge >= 0.3 is 0 Å². The lowest BCUT2D eigenvalue weighted by Gasteiger charge is -2.19. The molecule has 0 aromatic heterocycles. The Morgan fingerprint density at radius 3 is 2.19 bits per heavy atom. The fourth-order valence-corrected chi connectivity index (χ4v) is 2.27. The van der Waals surface area contributed by atoms with E-state index in [4.69, 9.17) is 18.0 Å². The van der Waals surface area contributed by atoms with Crippen LogP contribution in [0.3, 0.4) is 0 Å². The first-order valence-corrected chi connectivity index (χ1v) is 5.84. The third kappa shape index (κ3) is 3.58. The van der Waals surface area contributed by atoms with E-state index in [1.54, 1.807) is 0 Å². The lowest BCUT2D eigenvalue weighted by molar-refractivity contribution is 0.373. The van der Waals surface area contributed by atoms with Crippen molar-refractivity contribution in [1.82, 2.24) is 4.90 Å². The molecule has 1 rings (SSSR count). The molecule has 1 aromatic rings. The van der Waals surface area contributed by atoms with Crippen molar-refractivity contribution in [1.29, 1.82) is 0 Å². The van der Waals surface area contributed by atoms with E-state index in [-0.39, 0.29) is 0 Å². The summed E-state index contributed by atoms with van der Waals surface area (Å²) in [5, 5.41) is 0. The van der Waals surface area contributed by atoms with E-state index < -0.39 is 0 Å². The van der Waals surface area contributed by atoms with Crippen LogP contribution in [-0.4, -0.2) is 23.5 Å². The van der Waals surface area contributed by atoms with Gasteiger partial charge in [-0.3, -0.25) is 4.90 Å². The van der Waals surface area contributed by atoms with Crippen molar-refractivity contribution in [3.63, 3.8) is 0 Å². The quantitative estimate of drug-likeness (QED) is 0.814. The van der Waals surface area contributed by atoms with Gasteiger partial charge in [0.1, 0.15) is 0 Å². The highest BCUT2D eigenvalue weighted by Gasteiger charge is 2.07. The molecule has 0 unspecified atom stereocenters. The molecular formula is C13H20N2S. The van der Waals surface area contributed by atoms with Gasteiger partial charge in [-0.15, -0.1) is 0 Å². The summed E-state index contributed by atoms with van der Waals surface area (Å²) in [5.74, 6) is 0. The Labute approximate surface area is 103 Å². The van der Waals surface area contributed by atoms with Crippen molar-refractivity contribution in [2.75, 3.05) is 13.6 Å². The van der Waals surface area contributed by atoms with E-state index in [1.165, 1.54) is 22.3 Å². The topological polar surface area (TPSA) is 29.3 Å². The van der Waals surface area contributed by atoms with Crippen LogP contribution in [-0.2, 0) is 6.54 Å². The second kappa shape index (κ2) is 5.41. The summed E-state index contributed by atoms with van der Waals surface area (Å²) in [6, 6.07) is 4.44. The number of hydrogen-bond donors (Lipinski definition) is 1. The van der Waals surface area contributed by atoms with Gasteiger partial charge in [0.15, 0.2) is 0 Å². The van der Waals surface area contributed by atoms with E-state index in [1.807, 2.05) is 7.05 Å². The maximum atomic E-state index is 5.54. The average molecular weight is 236 g/mol. The molecule has 2 nitrogen and oxygen atoms in total. The van der Waals surface area contributed by atoms with Gasteiger partial charge in [0.25, 0.3) is 0 Å². The molecule has 88 valence electrons. The molecule has 0 aliphatic heterocycles. The molecule has 0 atom stereocenters. The molecule has 0 fully saturated rings. The first-order valence-electron chi connectivity index (χ1n) is 5.43. The minimum absolute atomic E-state index is 0.546. The molecule has 2 N–H and O–H groups in total. The van der Waals surface area contributed by atoms with Gasteiger partial charge in [-0.1, -0.05) is 29.9 Å². The number of benzene rings is 1. The van der Waals surface area contributed by atoms with Crippen molar-refractivity contribution < 1.29 is 0 Å². The zero-order valence-electron chi connectivity index (χ0n) is 10.5. The molecule has 0 aliphatic rings. The normalized spacial score (nSPS) is 10.8. The minimum atomic E-state index is 0.546. The van der Waals surface area contributed by atoms with Crippen LogP contribution in [0.5, 0.6) is 0 Å². The van der Waals surface area contributed by atoms with Crippen LogP contribution in [0.2, 0.25) is 0 Å². The summed E-state index contributed by atoms with van der Waals surface area (Å²) >= 11 is 4.91. The van der Waals surface area contributed by atoms with Crippen molar-refractivity contribution in [3.8, 4) is 0 Å². The van der Waals surface area contributed by atoms with Crippen molar-refractivity contribution >= 4 is 17.2 Å². The number of likely N-dealkylation sites (N-methyl/N-ethyl adjacent to an activating group) is 1. The van der Waals surface area contributed by atoms with E-state index in [9.17, 15) is 0 Å². The number of hydrogen-bond acceptors (Lipinski definition) is 2. The van der Waals surface area contributed by atoms with Gasteiger partial charge in [-0.2, -0.15) is 0 Å². The number of aryl methyl sites for hydroxylation is 3. The Bertz CT molecular complexity index is 376. The Hall–Kier alpha value is -0.930. The molecule has 0 heterocycles. The number of nitrogens with two attached hydrogens (primary N) is 1. The van der Waals surface area contributed by atoms with Crippen LogP contribution in [0.15, 0.2) is 12.1 Å². The second-order valence-electron chi connectivity index (χ2n) is 4.52. The summed E-state index contributed by atoms with van der Waals surface area (Å²) < 4.78 is 0. The van der Waals surface area contributed by atoms with Crippen molar-refractivity contribution in [2.24, 2.45) is 5.73 Å². The van der Waals surface area contributed by atoms with Crippen LogP contribution < -0.4 is 5.73 Å². The summed E-state index contributed by atoms with van der Waals surface area (Å²) in [6.45, 7) is 8.01. The fourth-order valence-electron chi connectivity index (χ4n) is 2.05. The van der Waals surface area contributed by atoms with Gasteiger partial charge in [0.05, 0.1) is 4.99 Å². The lowest BCUT2D eigenvalue weighted by atomic mass is 9.99. The van der Waals surface area contributed by atoms with E-state index >= 15 is 0 Å². The highest BCUT2D eigenvalue weighted by molar-refractivity contribution is 7.80. The highest BCUT2D eigenvalue weighted by atomic mass is 32.1. The third-order valence-electron chi connectivity index (χ3n) is 2.69. The maximum absolute atomic E-state index is 5.54. The average Bonchev–Trinajstić information content (AvgIpc) is 2.09. The Morgan fingerprint density at radius 2 is 1.75 bits per heavy atom. The maximum Gasteiger partial charge on any atom is 0.0870 e. The smallest absolute Gasteiger partial charge is 0.0870 e. The standard InChI is InChI=1S/C13H20N2S/c1-9-5-10(2)12(11(3)6-9)7-15(4)8-13(14)16/h5-6H,7-8H2,1-4H3,(H2,14,16). The molecule has 0 saturated carbocycles. The van der Waals surface area contributed by atoms with E-state index in [0.717, 1.165) is 6.54 Å². The number of nitrogens with zero attached hydrogens (tertiary/aromatic N) is 1. The van der Waals surface area contributed by atoms with Gasteiger partial charge < -0.3 is 5.73 Å². The highest BCUT2D eigenvalue weighted by Crippen LogP contribution is 2.17. The molecular weight excluding hydrogens is 216 g/mol. The molecule has 1 aromatic carbocycles. The van der Waals surface area contributed by atoms with Crippen molar-refractivity contribution in [2.45, 2.75) is 27.3 Å². The van der Waals surface area contributed by atoms with Crippen LogP contribution in [0, 0.1) is 20.8 Å². The minimum Gasteiger partial charge on any atom is -0.392 e. The Morgan fingerprint density at radius 1 is 1.25 bits per heavy atom. The molecule has 0 bridgehead atoms. The summed E-state index contributed by atoms with van der Waals surface area (Å²) in [5.41, 5.74) is 10.9. The predicted octanol–water partition coefficient (Wildman–Crippen LogP) is 2.33. The number of thiocarbonyl (C=S) groups is 1. The number of rotatable bonds is 4. The van der Waals surface area contributed by atoms with Gasteiger partial charge in [0.2, 0.25) is 0 Å². The van der Waals surface area contributed by atoms with Crippen LogP contribution >= 0.6 is 12.2 Å². The van der Waals surface area contributed by atoms with Crippen LogP contribution in [0.25, 0.3) is 0 Å². The van der Waals surface area contributed by atoms with E-state index in [2.05, 4.69) is 37.8 Å². The predicted molar refractivity (Wildman–Crippen MR) is 73.8 cm³/mol. The molecule has 16 heavy (non-hydrogen) atoms. The van der Waals surface area contributed by atoms with Crippen LogP contribution in [0.4, 0.5) is 0 Å². The molecule has 0 amide bonds. The summed E-state index contributed by atoms with van der Waals surface area (Å²) in [6.07, 6.45) is 0.